The van der Waals surface area contributed by atoms with E-state index in [0.717, 1.165) is 32.9 Å². The van der Waals surface area contributed by atoms with Crippen LogP contribution >= 0.6 is 15.9 Å². The number of anilines is 1. The van der Waals surface area contributed by atoms with Crippen molar-refractivity contribution in [3.8, 4) is 17.0 Å². The van der Waals surface area contributed by atoms with Crippen molar-refractivity contribution in [2.24, 2.45) is 0 Å². The van der Waals surface area contributed by atoms with Crippen molar-refractivity contribution in [1.82, 2.24) is 9.38 Å². The number of pyridine rings is 1. The highest BCUT2D eigenvalue weighted by atomic mass is 79.9. The number of methoxy groups -OCH3 is 1. The lowest BCUT2D eigenvalue weighted by atomic mass is 9.95. The molecule has 2 heterocycles. The van der Waals surface area contributed by atoms with Crippen LogP contribution in [0.15, 0.2) is 47.1 Å². The van der Waals surface area contributed by atoms with Gasteiger partial charge in [-0.1, -0.05) is 31.4 Å². The van der Waals surface area contributed by atoms with Gasteiger partial charge in [-0.2, -0.15) is 0 Å². The van der Waals surface area contributed by atoms with Crippen LogP contribution in [0.4, 0.5) is 5.82 Å². The lowest BCUT2D eigenvalue weighted by molar-refractivity contribution is 0.415. The van der Waals surface area contributed by atoms with Crippen LogP contribution in [-0.4, -0.2) is 22.5 Å². The first-order valence-corrected chi connectivity index (χ1v) is 9.62. The smallest absolute Gasteiger partial charge is 0.139 e. The van der Waals surface area contributed by atoms with Gasteiger partial charge in [0.1, 0.15) is 22.9 Å². The molecule has 1 aliphatic carbocycles. The molecule has 25 heavy (non-hydrogen) atoms. The maximum atomic E-state index is 5.40. The van der Waals surface area contributed by atoms with Crippen LogP contribution in [0.1, 0.15) is 32.1 Å². The number of imidazole rings is 1. The van der Waals surface area contributed by atoms with Crippen molar-refractivity contribution in [2.45, 2.75) is 38.1 Å². The predicted octanol–water partition coefficient (Wildman–Crippen LogP) is 5.52. The summed E-state index contributed by atoms with van der Waals surface area (Å²) in [6, 6.07) is 12.7. The summed E-state index contributed by atoms with van der Waals surface area (Å²) in [5.41, 5.74) is 2.99. The number of aromatic nitrogens is 2. The molecule has 4 nitrogen and oxygen atoms in total. The Balaban J connectivity index is 1.82. The van der Waals surface area contributed by atoms with E-state index in [1.807, 2.05) is 30.3 Å². The minimum absolute atomic E-state index is 0.511. The Hall–Kier alpha value is -2.01. The Morgan fingerprint density at radius 3 is 2.80 bits per heavy atom. The first-order chi connectivity index (χ1) is 12.2. The summed E-state index contributed by atoms with van der Waals surface area (Å²) in [6.45, 7) is 0. The molecule has 1 aromatic carbocycles. The number of ether oxygens (including phenoxy) is 1. The van der Waals surface area contributed by atoms with Crippen LogP contribution in [0.2, 0.25) is 0 Å². The number of rotatable bonds is 4. The Bertz CT molecular complexity index is 884. The maximum absolute atomic E-state index is 5.40. The number of benzene rings is 1. The Labute approximate surface area is 156 Å². The quantitative estimate of drug-likeness (QED) is 0.627. The van der Waals surface area contributed by atoms with Gasteiger partial charge < -0.3 is 10.1 Å². The number of hydrogen-bond donors (Lipinski definition) is 1. The van der Waals surface area contributed by atoms with Gasteiger partial charge in [-0.3, -0.25) is 4.40 Å². The van der Waals surface area contributed by atoms with Gasteiger partial charge in [0.15, 0.2) is 0 Å². The largest absolute Gasteiger partial charge is 0.497 e. The SMILES string of the molecule is COc1cccc(-c2nc3ccc(Br)cn3c2NC2CCCCC2)c1. The first-order valence-electron chi connectivity index (χ1n) is 8.83. The van der Waals surface area contributed by atoms with Gasteiger partial charge in [0, 0.05) is 22.3 Å². The molecule has 130 valence electrons. The normalized spacial score (nSPS) is 15.4. The topological polar surface area (TPSA) is 38.6 Å². The average Bonchev–Trinajstić information content (AvgIpc) is 3.00. The number of halogens is 1. The second-order valence-corrected chi connectivity index (χ2v) is 7.51. The van der Waals surface area contributed by atoms with Crippen LogP contribution in [0.3, 0.4) is 0 Å². The van der Waals surface area contributed by atoms with Crippen LogP contribution in [0.25, 0.3) is 16.9 Å². The third-order valence-electron chi connectivity index (χ3n) is 4.87. The molecular formula is C20H22BrN3O. The zero-order valence-electron chi connectivity index (χ0n) is 14.3. The van der Waals surface area contributed by atoms with Gasteiger partial charge in [0.25, 0.3) is 0 Å². The summed E-state index contributed by atoms with van der Waals surface area (Å²) >= 11 is 3.58. The molecule has 4 rings (SSSR count). The van der Waals surface area contributed by atoms with E-state index in [1.165, 1.54) is 32.1 Å². The van der Waals surface area contributed by atoms with E-state index in [2.05, 4.69) is 37.9 Å². The lowest BCUT2D eigenvalue weighted by Crippen LogP contribution is -2.23. The van der Waals surface area contributed by atoms with Gasteiger partial charge in [-0.15, -0.1) is 0 Å². The Morgan fingerprint density at radius 1 is 1.16 bits per heavy atom. The summed E-state index contributed by atoms with van der Waals surface area (Å²) < 4.78 is 8.59. The third kappa shape index (κ3) is 3.38. The van der Waals surface area contributed by atoms with Gasteiger partial charge >= 0.3 is 0 Å². The summed E-state index contributed by atoms with van der Waals surface area (Å²) in [6.07, 6.45) is 8.47. The molecule has 1 aliphatic rings. The summed E-state index contributed by atoms with van der Waals surface area (Å²) in [4.78, 5) is 4.89. The minimum atomic E-state index is 0.511. The fourth-order valence-electron chi connectivity index (χ4n) is 3.57. The van der Waals surface area contributed by atoms with E-state index < -0.39 is 0 Å². The van der Waals surface area contributed by atoms with Gasteiger partial charge in [-0.25, -0.2) is 4.98 Å². The Kier molecular flexibility index (Phi) is 4.66. The Morgan fingerprint density at radius 2 is 2.00 bits per heavy atom. The molecule has 0 unspecified atom stereocenters. The fraction of sp³-hybridized carbons (Fsp3) is 0.350. The predicted molar refractivity (Wildman–Crippen MR) is 105 cm³/mol. The molecule has 0 atom stereocenters. The van der Waals surface area contributed by atoms with E-state index in [1.54, 1.807) is 7.11 Å². The number of nitrogens with one attached hydrogen (secondary N) is 1. The van der Waals surface area contributed by atoms with Crippen LogP contribution in [0, 0.1) is 0 Å². The van der Waals surface area contributed by atoms with Crippen molar-refractivity contribution in [3.05, 3.63) is 47.1 Å². The molecule has 1 fully saturated rings. The van der Waals surface area contributed by atoms with E-state index >= 15 is 0 Å². The monoisotopic (exact) mass is 399 g/mol. The molecule has 2 aromatic heterocycles. The highest BCUT2D eigenvalue weighted by Gasteiger charge is 2.20. The van der Waals surface area contributed by atoms with Gasteiger partial charge in [0.2, 0.25) is 0 Å². The third-order valence-corrected chi connectivity index (χ3v) is 5.34. The van der Waals surface area contributed by atoms with Crippen LogP contribution in [-0.2, 0) is 0 Å². The van der Waals surface area contributed by atoms with Crippen molar-refractivity contribution >= 4 is 27.4 Å². The highest BCUT2D eigenvalue weighted by Crippen LogP contribution is 2.33. The van der Waals surface area contributed by atoms with Crippen molar-refractivity contribution in [1.29, 1.82) is 0 Å². The average molecular weight is 400 g/mol. The van der Waals surface area contributed by atoms with Crippen LogP contribution < -0.4 is 10.1 Å². The van der Waals surface area contributed by atoms with Gasteiger partial charge in [0.05, 0.1) is 7.11 Å². The van der Waals surface area contributed by atoms with Crippen molar-refractivity contribution < 1.29 is 4.74 Å². The standard InChI is InChI=1S/C20H22BrN3O/c1-25-17-9-5-6-14(12-17)19-20(22-16-7-3-2-4-8-16)24-13-15(21)10-11-18(24)23-19/h5-6,9-13,16,22H,2-4,7-8H2,1H3. The van der Waals surface area contributed by atoms with E-state index in [4.69, 9.17) is 9.72 Å². The minimum Gasteiger partial charge on any atom is -0.497 e. The zero-order chi connectivity index (χ0) is 17.2. The molecule has 0 aliphatic heterocycles. The van der Waals surface area contributed by atoms with Crippen molar-refractivity contribution in [3.63, 3.8) is 0 Å². The number of nitrogens with zero attached hydrogens (tertiary/aromatic N) is 2. The highest BCUT2D eigenvalue weighted by molar-refractivity contribution is 9.10. The molecule has 0 bridgehead atoms. The molecule has 0 spiro atoms. The maximum Gasteiger partial charge on any atom is 0.139 e. The first kappa shape index (κ1) is 16.5. The molecule has 0 saturated heterocycles. The van der Waals surface area contributed by atoms with Crippen molar-refractivity contribution in [2.75, 3.05) is 12.4 Å². The second kappa shape index (κ2) is 7.08. The van der Waals surface area contributed by atoms with E-state index in [-0.39, 0.29) is 0 Å². The van der Waals surface area contributed by atoms with E-state index in [0.29, 0.717) is 6.04 Å². The summed E-state index contributed by atoms with van der Waals surface area (Å²) in [7, 11) is 1.70. The molecule has 5 heteroatoms. The molecule has 1 saturated carbocycles. The number of fused-ring (bicyclic) bond motifs is 1. The molecular weight excluding hydrogens is 378 g/mol. The second-order valence-electron chi connectivity index (χ2n) is 6.60. The summed E-state index contributed by atoms with van der Waals surface area (Å²) in [5.74, 6) is 1.91. The van der Waals surface area contributed by atoms with Gasteiger partial charge in [-0.05, 0) is 53.0 Å². The number of hydrogen-bond acceptors (Lipinski definition) is 3. The zero-order valence-corrected chi connectivity index (χ0v) is 15.9. The molecule has 0 radical (unpaired) electrons. The molecule has 3 aromatic rings. The van der Waals surface area contributed by atoms with Crippen LogP contribution in [0.5, 0.6) is 5.75 Å². The van der Waals surface area contributed by atoms with E-state index in [9.17, 15) is 0 Å². The fourth-order valence-corrected chi connectivity index (χ4v) is 3.91. The lowest BCUT2D eigenvalue weighted by Gasteiger charge is -2.24. The molecule has 0 amide bonds. The molecule has 1 N–H and O–H groups in total. The summed E-state index contributed by atoms with van der Waals surface area (Å²) in [5, 5.41) is 3.77.